The molecule has 0 saturated carbocycles. The molecule has 4 heteroatoms. The van der Waals surface area contributed by atoms with E-state index in [1.807, 2.05) is 12.1 Å². The largest absolute Gasteiger partial charge is 0.396 e. The Morgan fingerprint density at radius 3 is 2.83 bits per heavy atom. The fourth-order valence-corrected chi connectivity index (χ4v) is 3.53. The zero-order chi connectivity index (χ0) is 16.8. The van der Waals surface area contributed by atoms with E-state index in [1.54, 1.807) is 12.3 Å². The normalized spacial score (nSPS) is 20.6. The molecule has 4 nitrogen and oxygen atoms in total. The highest BCUT2D eigenvalue weighted by atomic mass is 16.3. The van der Waals surface area contributed by atoms with E-state index in [-0.39, 0.29) is 12.0 Å². The quantitative estimate of drug-likeness (QED) is 0.919. The zero-order valence-electron chi connectivity index (χ0n) is 13.9. The molecule has 1 unspecified atom stereocenters. The van der Waals surface area contributed by atoms with Gasteiger partial charge >= 0.3 is 0 Å². The number of aliphatic hydroxyl groups excluding tert-OH is 1. The number of nitriles is 1. The van der Waals surface area contributed by atoms with Crippen molar-refractivity contribution < 1.29 is 5.11 Å². The number of rotatable bonds is 5. The number of aromatic nitrogens is 1. The second-order valence-corrected chi connectivity index (χ2v) is 6.68. The Kier molecular flexibility index (Phi) is 5.12. The highest BCUT2D eigenvalue weighted by Gasteiger charge is 2.35. The lowest BCUT2D eigenvalue weighted by molar-refractivity contribution is 0.0963. The molecule has 0 bridgehead atoms. The van der Waals surface area contributed by atoms with Crippen molar-refractivity contribution in [3.05, 3.63) is 59.8 Å². The van der Waals surface area contributed by atoms with Gasteiger partial charge in [-0.3, -0.25) is 0 Å². The van der Waals surface area contributed by atoms with Crippen LogP contribution in [0.25, 0.3) is 0 Å². The van der Waals surface area contributed by atoms with Crippen LogP contribution in [0.3, 0.4) is 0 Å². The number of anilines is 1. The van der Waals surface area contributed by atoms with Crippen molar-refractivity contribution >= 4 is 5.82 Å². The SMILES string of the molecule is N#Cc1ccnc(N2CCCC(CO)(CCc3ccccc3)C2)c1. The maximum atomic E-state index is 10.1. The number of pyridine rings is 1. The summed E-state index contributed by atoms with van der Waals surface area (Å²) in [6.45, 7) is 1.90. The Labute approximate surface area is 143 Å². The topological polar surface area (TPSA) is 60.2 Å². The van der Waals surface area contributed by atoms with Crippen LogP contribution in [-0.2, 0) is 6.42 Å². The average molecular weight is 321 g/mol. The minimum Gasteiger partial charge on any atom is -0.396 e. The molecule has 0 amide bonds. The van der Waals surface area contributed by atoms with Crippen molar-refractivity contribution in [3.63, 3.8) is 0 Å². The van der Waals surface area contributed by atoms with Gasteiger partial charge in [-0.1, -0.05) is 30.3 Å². The summed E-state index contributed by atoms with van der Waals surface area (Å²) in [5.41, 5.74) is 1.84. The second kappa shape index (κ2) is 7.46. The van der Waals surface area contributed by atoms with E-state index >= 15 is 0 Å². The summed E-state index contributed by atoms with van der Waals surface area (Å²) < 4.78 is 0. The number of nitrogens with zero attached hydrogens (tertiary/aromatic N) is 3. The van der Waals surface area contributed by atoms with Crippen LogP contribution >= 0.6 is 0 Å². The van der Waals surface area contributed by atoms with Gasteiger partial charge in [-0.05, 0) is 43.4 Å². The molecule has 124 valence electrons. The summed E-state index contributed by atoms with van der Waals surface area (Å²) in [5.74, 6) is 0.839. The van der Waals surface area contributed by atoms with Gasteiger partial charge in [0.05, 0.1) is 18.2 Å². The maximum absolute atomic E-state index is 10.1. The number of hydrogen-bond donors (Lipinski definition) is 1. The summed E-state index contributed by atoms with van der Waals surface area (Å²) in [6, 6.07) is 16.2. The van der Waals surface area contributed by atoms with E-state index in [0.717, 1.165) is 44.6 Å². The molecular formula is C20H23N3O. The summed E-state index contributed by atoms with van der Waals surface area (Å²) in [5, 5.41) is 19.2. The molecule has 0 aliphatic carbocycles. The molecule has 0 spiro atoms. The Balaban J connectivity index is 1.73. The molecule has 1 atom stereocenters. The third kappa shape index (κ3) is 3.74. The number of benzene rings is 1. The predicted molar refractivity (Wildman–Crippen MR) is 94.7 cm³/mol. The highest BCUT2D eigenvalue weighted by Crippen LogP contribution is 2.36. The molecule has 2 aromatic rings. The van der Waals surface area contributed by atoms with Crippen molar-refractivity contribution in [2.24, 2.45) is 5.41 Å². The Morgan fingerprint density at radius 1 is 1.25 bits per heavy atom. The van der Waals surface area contributed by atoms with E-state index < -0.39 is 0 Å². The van der Waals surface area contributed by atoms with Crippen LogP contribution in [0.1, 0.15) is 30.4 Å². The predicted octanol–water partition coefficient (Wildman–Crippen LogP) is 3.16. The van der Waals surface area contributed by atoms with Gasteiger partial charge in [-0.25, -0.2) is 4.98 Å². The Hall–Kier alpha value is -2.38. The van der Waals surface area contributed by atoms with Crippen LogP contribution in [0.5, 0.6) is 0 Å². The number of aliphatic hydroxyl groups is 1. The molecule has 2 heterocycles. The van der Waals surface area contributed by atoms with E-state index in [9.17, 15) is 5.11 Å². The first kappa shape index (κ1) is 16.5. The number of aryl methyl sites for hydroxylation is 1. The van der Waals surface area contributed by atoms with Gasteiger partial charge in [0.2, 0.25) is 0 Å². The fraction of sp³-hybridized carbons (Fsp3) is 0.400. The lowest BCUT2D eigenvalue weighted by atomic mass is 9.76. The van der Waals surface area contributed by atoms with Crippen molar-refractivity contribution in [1.29, 1.82) is 5.26 Å². The molecule has 1 aliphatic heterocycles. The molecule has 1 N–H and O–H groups in total. The van der Waals surface area contributed by atoms with Gasteiger partial charge in [-0.2, -0.15) is 5.26 Å². The molecule has 0 radical (unpaired) electrons. The van der Waals surface area contributed by atoms with E-state index in [1.165, 1.54) is 5.56 Å². The number of piperidine rings is 1. The van der Waals surface area contributed by atoms with Gasteiger partial charge in [0, 0.05) is 24.7 Å². The monoisotopic (exact) mass is 321 g/mol. The smallest absolute Gasteiger partial charge is 0.129 e. The number of hydrogen-bond acceptors (Lipinski definition) is 4. The standard InChI is InChI=1S/C20H23N3O/c21-14-18-8-11-22-19(13-18)23-12-4-9-20(15-23,16-24)10-7-17-5-2-1-3-6-17/h1-3,5-6,8,11,13,24H,4,7,9-10,12,15-16H2. The maximum Gasteiger partial charge on any atom is 0.129 e. The van der Waals surface area contributed by atoms with Crippen molar-refractivity contribution in [1.82, 2.24) is 4.98 Å². The van der Waals surface area contributed by atoms with Crippen LogP contribution in [0, 0.1) is 16.7 Å². The lowest BCUT2D eigenvalue weighted by Crippen LogP contribution is -2.46. The van der Waals surface area contributed by atoms with Gasteiger partial charge < -0.3 is 10.0 Å². The minimum atomic E-state index is -0.0988. The van der Waals surface area contributed by atoms with Gasteiger partial charge in [0.1, 0.15) is 5.82 Å². The van der Waals surface area contributed by atoms with Crippen LogP contribution in [0.4, 0.5) is 5.82 Å². The first-order chi connectivity index (χ1) is 11.7. The zero-order valence-corrected chi connectivity index (χ0v) is 13.9. The molecule has 1 aliphatic rings. The molecule has 1 aromatic carbocycles. The van der Waals surface area contributed by atoms with Crippen molar-refractivity contribution in [2.45, 2.75) is 25.7 Å². The van der Waals surface area contributed by atoms with Gasteiger partial charge in [0.15, 0.2) is 0 Å². The average Bonchev–Trinajstić information content (AvgIpc) is 2.67. The summed E-state index contributed by atoms with van der Waals surface area (Å²) in [6.07, 6.45) is 5.69. The first-order valence-corrected chi connectivity index (χ1v) is 8.51. The third-order valence-corrected chi connectivity index (χ3v) is 4.98. The molecule has 3 rings (SSSR count). The summed E-state index contributed by atoms with van der Waals surface area (Å²) in [7, 11) is 0. The van der Waals surface area contributed by atoms with Gasteiger partial charge in [0.25, 0.3) is 0 Å². The van der Waals surface area contributed by atoms with Crippen LogP contribution in [0.2, 0.25) is 0 Å². The van der Waals surface area contributed by atoms with Crippen molar-refractivity contribution in [3.8, 4) is 6.07 Å². The molecule has 24 heavy (non-hydrogen) atoms. The Morgan fingerprint density at radius 2 is 2.08 bits per heavy atom. The third-order valence-electron chi connectivity index (χ3n) is 4.98. The summed E-state index contributed by atoms with van der Waals surface area (Å²) >= 11 is 0. The first-order valence-electron chi connectivity index (χ1n) is 8.51. The summed E-state index contributed by atoms with van der Waals surface area (Å²) in [4.78, 5) is 6.64. The highest BCUT2D eigenvalue weighted by molar-refractivity contribution is 5.45. The fourth-order valence-electron chi connectivity index (χ4n) is 3.53. The molecule has 1 fully saturated rings. The van der Waals surface area contributed by atoms with Crippen LogP contribution in [0.15, 0.2) is 48.7 Å². The van der Waals surface area contributed by atoms with E-state index in [2.05, 4.69) is 40.2 Å². The molecular weight excluding hydrogens is 298 g/mol. The Bertz CT molecular complexity index is 710. The van der Waals surface area contributed by atoms with Crippen LogP contribution in [-0.4, -0.2) is 29.8 Å². The van der Waals surface area contributed by atoms with Crippen LogP contribution < -0.4 is 4.90 Å². The van der Waals surface area contributed by atoms with E-state index in [4.69, 9.17) is 5.26 Å². The lowest BCUT2D eigenvalue weighted by Gasteiger charge is -2.42. The second-order valence-electron chi connectivity index (χ2n) is 6.68. The minimum absolute atomic E-state index is 0.0988. The van der Waals surface area contributed by atoms with Gasteiger partial charge in [-0.15, -0.1) is 0 Å². The van der Waals surface area contributed by atoms with Crippen molar-refractivity contribution in [2.75, 3.05) is 24.6 Å². The molecule has 1 saturated heterocycles. The molecule has 1 aromatic heterocycles. The van der Waals surface area contributed by atoms with E-state index in [0.29, 0.717) is 5.56 Å².